The predicted molar refractivity (Wildman–Crippen MR) is 43.4 cm³/mol. The van der Waals surface area contributed by atoms with E-state index in [4.69, 9.17) is 11.5 Å². The molecule has 0 radical (unpaired) electrons. The molecule has 0 aliphatic heterocycles. The summed E-state index contributed by atoms with van der Waals surface area (Å²) in [5.41, 5.74) is 14.2. The largest absolute Gasteiger partial charge is 0.364 e. The molecule has 1 aromatic heterocycles. The number of hydrogen-bond acceptors (Lipinski definition) is 4. The number of imidazole rings is 1. The van der Waals surface area contributed by atoms with Gasteiger partial charge in [0.15, 0.2) is 5.82 Å². The van der Waals surface area contributed by atoms with Crippen molar-refractivity contribution in [3.63, 3.8) is 0 Å². The van der Waals surface area contributed by atoms with Crippen LogP contribution in [0.2, 0.25) is 0 Å². The Labute approximate surface area is 72.7 Å². The van der Waals surface area contributed by atoms with Crippen molar-refractivity contribution in [3.05, 3.63) is 12.0 Å². The van der Waals surface area contributed by atoms with Gasteiger partial charge in [-0.15, -0.1) is 0 Å². The Bertz CT molecular complexity index is 332. The fourth-order valence-electron chi connectivity index (χ4n) is 0.698. The summed E-state index contributed by atoms with van der Waals surface area (Å²) in [5, 5.41) is 0. The van der Waals surface area contributed by atoms with E-state index in [1.807, 2.05) is 5.43 Å². The van der Waals surface area contributed by atoms with Crippen molar-refractivity contribution < 1.29 is 9.59 Å². The second kappa shape index (κ2) is 3.43. The number of aromatic amines is 1. The molecule has 0 atom stereocenters. The lowest BCUT2D eigenvalue weighted by atomic mass is 10.4. The predicted octanol–water partition coefficient (Wildman–Crippen LogP) is -1.50. The van der Waals surface area contributed by atoms with E-state index in [1.165, 1.54) is 6.33 Å². The van der Waals surface area contributed by atoms with Gasteiger partial charge < -0.3 is 16.5 Å². The molecule has 7 N–H and O–H groups in total. The summed E-state index contributed by atoms with van der Waals surface area (Å²) in [6.45, 7) is 0. The lowest BCUT2D eigenvalue weighted by Gasteiger charge is -2.02. The summed E-state index contributed by atoms with van der Waals surface area (Å²) in [4.78, 5) is 27.1. The molecule has 1 aromatic rings. The molecule has 0 spiro atoms. The van der Waals surface area contributed by atoms with Gasteiger partial charge in [0.2, 0.25) is 0 Å². The first-order chi connectivity index (χ1) is 6.11. The van der Waals surface area contributed by atoms with E-state index in [0.717, 1.165) is 0 Å². The maximum absolute atomic E-state index is 10.7. The van der Waals surface area contributed by atoms with Crippen LogP contribution in [-0.4, -0.2) is 21.9 Å². The average molecular weight is 184 g/mol. The Balaban J connectivity index is 2.71. The number of urea groups is 1. The maximum atomic E-state index is 10.7. The molecular weight excluding hydrogens is 176 g/mol. The number of primary amides is 2. The molecular formula is C5H8N6O2. The van der Waals surface area contributed by atoms with E-state index >= 15 is 0 Å². The molecule has 13 heavy (non-hydrogen) atoms. The van der Waals surface area contributed by atoms with Crippen molar-refractivity contribution in [1.82, 2.24) is 15.4 Å². The van der Waals surface area contributed by atoms with Crippen LogP contribution in [0.3, 0.4) is 0 Å². The van der Waals surface area contributed by atoms with E-state index < -0.39 is 11.9 Å². The molecule has 8 heteroatoms. The summed E-state index contributed by atoms with van der Waals surface area (Å²) in [6, 6.07) is -0.793. The fourth-order valence-corrected chi connectivity index (χ4v) is 0.698. The first-order valence-electron chi connectivity index (χ1n) is 3.26. The highest BCUT2D eigenvalue weighted by Gasteiger charge is 2.10. The van der Waals surface area contributed by atoms with Crippen LogP contribution in [0, 0.1) is 0 Å². The molecule has 0 aliphatic rings. The molecule has 0 bridgehead atoms. The van der Waals surface area contributed by atoms with Crippen LogP contribution in [0.4, 0.5) is 10.6 Å². The number of hydrogen-bond donors (Lipinski definition) is 5. The third-order valence-electron chi connectivity index (χ3n) is 1.19. The fraction of sp³-hybridized carbons (Fsp3) is 0. The van der Waals surface area contributed by atoms with Gasteiger partial charge in [-0.3, -0.25) is 15.6 Å². The molecule has 1 rings (SSSR count). The Kier molecular flexibility index (Phi) is 2.33. The first kappa shape index (κ1) is 8.84. The number of nitrogens with one attached hydrogen (secondary N) is 3. The minimum absolute atomic E-state index is 0.0637. The lowest BCUT2D eigenvalue weighted by molar-refractivity contribution is 0.0996. The number of hydrazine groups is 1. The summed E-state index contributed by atoms with van der Waals surface area (Å²) >= 11 is 0. The molecule has 0 unspecified atom stereocenters. The van der Waals surface area contributed by atoms with Crippen molar-refractivity contribution in [1.29, 1.82) is 0 Å². The van der Waals surface area contributed by atoms with Crippen LogP contribution in [-0.2, 0) is 0 Å². The third kappa shape index (κ3) is 2.09. The molecule has 1 heterocycles. The Hall–Kier alpha value is -2.25. The monoisotopic (exact) mass is 184 g/mol. The molecule has 3 amide bonds. The van der Waals surface area contributed by atoms with E-state index in [0.29, 0.717) is 0 Å². The smallest absolute Gasteiger partial charge is 0.330 e. The van der Waals surface area contributed by atoms with E-state index in [1.54, 1.807) is 0 Å². The van der Waals surface area contributed by atoms with Crippen LogP contribution in [0.5, 0.6) is 0 Å². The van der Waals surface area contributed by atoms with Gasteiger partial charge in [-0.25, -0.2) is 9.78 Å². The van der Waals surface area contributed by atoms with Crippen LogP contribution < -0.4 is 22.3 Å². The van der Waals surface area contributed by atoms with Crippen molar-refractivity contribution in [2.45, 2.75) is 0 Å². The van der Waals surface area contributed by atoms with Crippen LogP contribution in [0.25, 0.3) is 0 Å². The minimum Gasteiger partial charge on any atom is -0.364 e. The number of nitrogens with zero attached hydrogens (tertiary/aromatic N) is 1. The minimum atomic E-state index is -0.793. The number of carbonyl (C=O) groups excluding carboxylic acids is 2. The summed E-state index contributed by atoms with van der Waals surface area (Å²) in [7, 11) is 0. The molecule has 0 saturated heterocycles. The van der Waals surface area contributed by atoms with Gasteiger partial charge in [0.1, 0.15) is 5.69 Å². The van der Waals surface area contributed by atoms with Crippen LogP contribution in [0.1, 0.15) is 10.5 Å². The first-order valence-corrected chi connectivity index (χ1v) is 3.26. The Morgan fingerprint density at radius 1 is 1.46 bits per heavy atom. The normalized spacial score (nSPS) is 9.23. The molecule has 8 nitrogen and oxygen atoms in total. The van der Waals surface area contributed by atoms with Gasteiger partial charge >= 0.3 is 6.03 Å². The number of carbonyl (C=O) groups is 2. The number of anilines is 1. The maximum Gasteiger partial charge on any atom is 0.330 e. The van der Waals surface area contributed by atoms with E-state index in [2.05, 4.69) is 15.4 Å². The number of amides is 3. The van der Waals surface area contributed by atoms with Gasteiger partial charge in [-0.2, -0.15) is 0 Å². The standard InChI is InChI=1S/C5H8N6O2/c6-3(12)2-4(9-1-8-2)10-11-5(7)13/h1,10H,(H2,6,12)(H,8,9)(H3,7,11,13). The van der Waals surface area contributed by atoms with Crippen LogP contribution >= 0.6 is 0 Å². The van der Waals surface area contributed by atoms with E-state index in [9.17, 15) is 9.59 Å². The zero-order valence-electron chi connectivity index (χ0n) is 6.50. The van der Waals surface area contributed by atoms with Gasteiger partial charge in [-0.1, -0.05) is 0 Å². The Morgan fingerprint density at radius 2 is 2.15 bits per heavy atom. The quantitative estimate of drug-likeness (QED) is 0.365. The lowest BCUT2D eigenvalue weighted by Crippen LogP contribution is -2.35. The summed E-state index contributed by atoms with van der Waals surface area (Å²) in [5.74, 6) is -0.572. The Morgan fingerprint density at radius 3 is 2.69 bits per heavy atom. The molecule has 0 fully saturated rings. The molecule has 70 valence electrons. The van der Waals surface area contributed by atoms with Gasteiger partial charge in [0.25, 0.3) is 5.91 Å². The van der Waals surface area contributed by atoms with Crippen LogP contribution in [0.15, 0.2) is 6.33 Å². The zero-order chi connectivity index (χ0) is 9.84. The van der Waals surface area contributed by atoms with Crippen molar-refractivity contribution in [2.24, 2.45) is 11.5 Å². The summed E-state index contributed by atoms with van der Waals surface area (Å²) < 4.78 is 0. The summed E-state index contributed by atoms with van der Waals surface area (Å²) in [6.07, 6.45) is 1.26. The number of rotatable bonds is 3. The zero-order valence-corrected chi connectivity index (χ0v) is 6.50. The molecule has 0 saturated carbocycles. The number of nitrogens with two attached hydrogens (primary N) is 2. The second-order valence-electron chi connectivity index (χ2n) is 2.10. The highest BCUT2D eigenvalue weighted by Crippen LogP contribution is 2.05. The molecule has 0 aliphatic carbocycles. The molecule has 0 aromatic carbocycles. The highest BCUT2D eigenvalue weighted by atomic mass is 16.2. The third-order valence-corrected chi connectivity index (χ3v) is 1.19. The number of aromatic nitrogens is 2. The van der Waals surface area contributed by atoms with Crippen molar-refractivity contribution in [3.8, 4) is 0 Å². The van der Waals surface area contributed by atoms with Crippen molar-refractivity contribution in [2.75, 3.05) is 5.43 Å². The van der Waals surface area contributed by atoms with Gasteiger partial charge in [-0.05, 0) is 0 Å². The van der Waals surface area contributed by atoms with E-state index in [-0.39, 0.29) is 11.5 Å². The topological polar surface area (TPSA) is 139 Å². The van der Waals surface area contributed by atoms with Gasteiger partial charge in [0.05, 0.1) is 6.33 Å². The second-order valence-corrected chi connectivity index (χ2v) is 2.10. The SMILES string of the molecule is NC(=O)NNc1nc[nH]c1C(N)=O. The highest BCUT2D eigenvalue weighted by molar-refractivity contribution is 5.95. The van der Waals surface area contributed by atoms with Crippen molar-refractivity contribution >= 4 is 17.8 Å². The average Bonchev–Trinajstić information content (AvgIpc) is 2.47. The number of H-pyrrole nitrogens is 1. The van der Waals surface area contributed by atoms with Gasteiger partial charge in [0, 0.05) is 0 Å².